The van der Waals surface area contributed by atoms with Crippen LogP contribution in [-0.4, -0.2) is 33.6 Å². The van der Waals surface area contributed by atoms with Crippen LogP contribution < -0.4 is 0 Å². The Balaban J connectivity index is 1.04. The number of hydrogen-bond donors (Lipinski definition) is 0. The molecule has 46 heavy (non-hydrogen) atoms. The molecule has 6 saturated heterocycles. The highest BCUT2D eigenvalue weighted by molar-refractivity contribution is 5.59. The summed E-state index contributed by atoms with van der Waals surface area (Å²) in [5.74, 6) is 1.75. The molecule has 234 valence electrons. The SMILES string of the molecule is CC12CCC(C34C=CC(C56CCC(C78CCC(C)(O7)C7C=CC=CC78)(O5)C5C=CC=CC56)(O3)c3ccccc34)(O1)C1C=CC=CC12. The van der Waals surface area contributed by atoms with Crippen LogP contribution in [0.25, 0.3) is 0 Å². The zero-order valence-electron chi connectivity index (χ0n) is 26.7. The molecule has 11 aliphatic rings. The highest BCUT2D eigenvalue weighted by Gasteiger charge is 2.86. The smallest absolute Gasteiger partial charge is 0.143 e. The number of ether oxygens (including phenoxy) is 4. The molecule has 3 aliphatic carbocycles. The third kappa shape index (κ3) is 2.36. The molecule has 0 N–H and O–H groups in total. The maximum absolute atomic E-state index is 8.04. The van der Waals surface area contributed by atoms with Gasteiger partial charge in [-0.25, -0.2) is 0 Å². The van der Waals surface area contributed by atoms with E-state index in [1.165, 1.54) is 11.1 Å². The highest BCUT2D eigenvalue weighted by Crippen LogP contribution is 2.79. The summed E-state index contributed by atoms with van der Waals surface area (Å²) in [7, 11) is 0. The monoisotopic (exact) mass is 610 g/mol. The van der Waals surface area contributed by atoms with Gasteiger partial charge in [-0.3, -0.25) is 0 Å². The normalized spacial score (nSPS) is 59.2. The summed E-state index contributed by atoms with van der Waals surface area (Å²) in [6, 6.07) is 9.07. The Kier molecular flexibility index (Phi) is 4.33. The predicted molar refractivity (Wildman–Crippen MR) is 174 cm³/mol. The van der Waals surface area contributed by atoms with Crippen LogP contribution >= 0.6 is 0 Å². The maximum atomic E-state index is 8.04. The van der Waals surface area contributed by atoms with E-state index < -0.39 is 28.0 Å². The Morgan fingerprint density at radius 2 is 0.804 bits per heavy atom. The molecule has 0 amide bonds. The minimum atomic E-state index is -0.706. The molecule has 4 nitrogen and oxygen atoms in total. The van der Waals surface area contributed by atoms with Crippen molar-refractivity contribution in [1.82, 2.24) is 0 Å². The van der Waals surface area contributed by atoms with E-state index in [0.717, 1.165) is 38.5 Å². The lowest BCUT2D eigenvalue weighted by Crippen LogP contribution is -2.60. The average molecular weight is 611 g/mol. The predicted octanol–water partition coefficient (Wildman–Crippen LogP) is 7.70. The summed E-state index contributed by atoms with van der Waals surface area (Å²) in [4.78, 5) is 0. The van der Waals surface area contributed by atoms with Crippen molar-refractivity contribution >= 4 is 0 Å². The molecule has 0 spiro atoms. The molecule has 4 heteroatoms. The van der Waals surface area contributed by atoms with Gasteiger partial charge < -0.3 is 18.9 Å². The second kappa shape index (κ2) is 7.60. The van der Waals surface area contributed by atoms with Crippen molar-refractivity contribution in [3.63, 3.8) is 0 Å². The lowest BCUT2D eigenvalue weighted by molar-refractivity contribution is -0.262. The molecule has 0 aromatic heterocycles. The summed E-state index contributed by atoms with van der Waals surface area (Å²) in [5.41, 5.74) is -0.924. The van der Waals surface area contributed by atoms with Crippen LogP contribution in [0.1, 0.15) is 63.5 Å². The highest BCUT2D eigenvalue weighted by atomic mass is 16.6. The van der Waals surface area contributed by atoms with Crippen molar-refractivity contribution < 1.29 is 18.9 Å². The van der Waals surface area contributed by atoms with Gasteiger partial charge in [-0.1, -0.05) is 97.2 Å². The second-order valence-corrected chi connectivity index (χ2v) is 16.9. The van der Waals surface area contributed by atoms with E-state index in [1.807, 2.05) is 0 Å². The Morgan fingerprint density at radius 3 is 1.39 bits per heavy atom. The molecule has 1 aromatic rings. The van der Waals surface area contributed by atoms with Crippen LogP contribution in [0.3, 0.4) is 0 Å². The molecule has 0 radical (unpaired) electrons. The summed E-state index contributed by atoms with van der Waals surface area (Å²) in [6.45, 7) is 4.69. The first-order chi connectivity index (χ1) is 22.3. The van der Waals surface area contributed by atoms with E-state index in [4.69, 9.17) is 18.9 Å². The van der Waals surface area contributed by atoms with Crippen LogP contribution in [0.15, 0.2) is 109 Å². The second-order valence-electron chi connectivity index (χ2n) is 16.9. The number of fused-ring (bicyclic) bond motifs is 23. The van der Waals surface area contributed by atoms with Crippen LogP contribution in [0.2, 0.25) is 0 Å². The van der Waals surface area contributed by atoms with Crippen molar-refractivity contribution in [3.05, 3.63) is 120 Å². The molecular formula is C42H42O4. The zero-order chi connectivity index (χ0) is 30.4. The first-order valence-electron chi connectivity index (χ1n) is 18.0. The largest absolute Gasteiger partial charge is 0.365 e. The lowest BCUT2D eigenvalue weighted by Gasteiger charge is -2.50. The fourth-order valence-electron chi connectivity index (χ4n) is 13.9. The lowest BCUT2D eigenvalue weighted by atomic mass is 9.52. The van der Waals surface area contributed by atoms with Gasteiger partial charge in [0, 0.05) is 35.5 Å². The van der Waals surface area contributed by atoms with Gasteiger partial charge in [0.05, 0.1) is 11.2 Å². The number of hydrogen-bond acceptors (Lipinski definition) is 4. The molecule has 1 aromatic carbocycles. The fourth-order valence-corrected chi connectivity index (χ4v) is 13.9. The number of allylic oxidation sites excluding steroid dienone is 6. The molecule has 6 fully saturated rings. The summed E-state index contributed by atoms with van der Waals surface area (Å²) < 4.78 is 30.8. The molecule has 14 unspecified atom stereocenters. The van der Waals surface area contributed by atoms with Gasteiger partial charge in [-0.15, -0.1) is 0 Å². The summed E-state index contributed by atoms with van der Waals surface area (Å²) in [5, 5.41) is 0. The molecule has 12 rings (SSSR count). The van der Waals surface area contributed by atoms with Gasteiger partial charge in [-0.2, -0.15) is 0 Å². The van der Waals surface area contributed by atoms with Crippen molar-refractivity contribution in [2.45, 2.75) is 97.2 Å². The van der Waals surface area contributed by atoms with Crippen molar-refractivity contribution in [1.29, 1.82) is 0 Å². The van der Waals surface area contributed by atoms with E-state index in [-0.39, 0.29) is 34.6 Å². The van der Waals surface area contributed by atoms with Crippen molar-refractivity contribution in [2.75, 3.05) is 0 Å². The van der Waals surface area contributed by atoms with Gasteiger partial charge in [0.1, 0.15) is 33.6 Å². The van der Waals surface area contributed by atoms with E-state index >= 15 is 0 Å². The minimum absolute atomic E-state index is 0.147. The van der Waals surface area contributed by atoms with Crippen LogP contribution in [-0.2, 0) is 30.1 Å². The maximum Gasteiger partial charge on any atom is 0.143 e. The van der Waals surface area contributed by atoms with Crippen LogP contribution in [0, 0.1) is 35.5 Å². The van der Waals surface area contributed by atoms with Crippen molar-refractivity contribution in [3.8, 4) is 0 Å². The number of rotatable bonds is 3. The van der Waals surface area contributed by atoms with Gasteiger partial charge in [-0.05, 0) is 75.7 Å². The van der Waals surface area contributed by atoms with Crippen LogP contribution in [0.4, 0.5) is 0 Å². The topological polar surface area (TPSA) is 36.9 Å². The first kappa shape index (κ1) is 26.2. The number of benzene rings is 1. The summed E-state index contributed by atoms with van der Waals surface area (Å²) >= 11 is 0. The minimum Gasteiger partial charge on any atom is -0.365 e. The van der Waals surface area contributed by atoms with Crippen LogP contribution in [0.5, 0.6) is 0 Å². The molecule has 8 heterocycles. The van der Waals surface area contributed by atoms with E-state index in [9.17, 15) is 0 Å². The quantitative estimate of drug-likeness (QED) is 0.329. The van der Waals surface area contributed by atoms with E-state index in [2.05, 4.69) is 123 Å². The average Bonchev–Trinajstić information content (AvgIpc) is 3.96. The van der Waals surface area contributed by atoms with Gasteiger partial charge in [0.25, 0.3) is 0 Å². The molecule has 8 aliphatic heterocycles. The Morgan fingerprint density at radius 1 is 0.435 bits per heavy atom. The fraction of sp³-hybridized carbons (Fsp3) is 0.524. The molecule has 0 saturated carbocycles. The van der Waals surface area contributed by atoms with E-state index in [0.29, 0.717) is 17.8 Å². The Labute approximate surface area is 271 Å². The Bertz CT molecular complexity index is 1850. The standard InChI is InChI=1S/C42H42O4/c1-35-19-21-37(43-35,29-13-5-3-11-27(29)35)39-23-25-41(45-39,33-17-9-7-15-31(33)39)42-26-24-40(46-42,32-16-8-10-18-34(32)42)38-22-20-36(2,44-38)28-12-4-6-14-30(28)38/h3-18,23,25,27-30,32,34H,19-22,24,26H2,1-2H3. The van der Waals surface area contributed by atoms with Crippen molar-refractivity contribution in [2.24, 2.45) is 35.5 Å². The first-order valence-corrected chi connectivity index (χ1v) is 18.0. The van der Waals surface area contributed by atoms with Gasteiger partial charge >= 0.3 is 0 Å². The van der Waals surface area contributed by atoms with Gasteiger partial charge in [0.15, 0.2) is 0 Å². The third-order valence-electron chi connectivity index (χ3n) is 15.6. The molecular weight excluding hydrogens is 568 g/mol. The summed E-state index contributed by atoms with van der Waals surface area (Å²) in [6.07, 6.45) is 39.0. The third-order valence-corrected chi connectivity index (χ3v) is 15.6. The zero-order valence-corrected chi connectivity index (χ0v) is 26.7. The Hall–Kier alpha value is -2.76. The molecule has 14 atom stereocenters. The molecule has 8 bridgehead atoms. The van der Waals surface area contributed by atoms with Gasteiger partial charge in [0.2, 0.25) is 0 Å². The van der Waals surface area contributed by atoms with E-state index in [1.54, 1.807) is 0 Å².